The fraction of sp³-hybridized carbons (Fsp3) is 0.420. The van der Waals surface area contributed by atoms with Crippen molar-refractivity contribution in [3.8, 4) is 40.1 Å². The molecule has 354 valence electrons. The second kappa shape index (κ2) is 22.0. The predicted molar refractivity (Wildman–Crippen MR) is 253 cm³/mol. The smallest absolute Gasteiger partial charge is 0.316 e. The SMILES string of the molecule is Cc1nc(-c2ccc(C(C)(C)C)cc2)nc(C)c1C(=O)C[C@@H](CCN)C(=O)N(C)[C@@H]1C(=O)C[C@@H](C)C(=O)N[C@H](C(=O)CCC#N)Cc2cc(NC(N)=O)c(O)c(c2)-c2cc1ccc2OCCN. The third-order valence-electron chi connectivity index (χ3n) is 11.9. The number of nitrogens with zero attached hydrogens (tertiary/aromatic N) is 4. The standard InChI is InChI=1S/C50H61N9O8/c1-27-21-41(62)44(59(7)48(65)33(16-18-52)26-40(61)43-28(2)55-46(56-29(43)3)31-10-13-34(14-11-31)50(4,5)6)32-12-15-42(67-20-19-53)35(25-32)36-22-30(24-38(45(36)63)58-49(54)66)23-37(57-47(27)64)39(60)9-8-17-51/h10-15,22,24-25,27,33,37,44,63H,8-9,16,18-21,23,26,52-53H2,1-7H3,(H,57,64)(H3,54,58,66)/t27-,33-,37+,44+/m1/s1. The van der Waals surface area contributed by atoms with E-state index in [0.29, 0.717) is 22.8 Å². The van der Waals surface area contributed by atoms with Crippen molar-refractivity contribution in [2.24, 2.45) is 29.0 Å². The molecule has 3 aromatic carbocycles. The first-order valence-electron chi connectivity index (χ1n) is 22.3. The predicted octanol–water partition coefficient (Wildman–Crippen LogP) is 5.51. The van der Waals surface area contributed by atoms with E-state index in [1.54, 1.807) is 38.1 Å². The van der Waals surface area contributed by atoms with Crippen LogP contribution in [0.1, 0.15) is 104 Å². The summed E-state index contributed by atoms with van der Waals surface area (Å²) < 4.78 is 6.02. The Kier molecular flexibility index (Phi) is 16.7. The van der Waals surface area contributed by atoms with Crippen molar-refractivity contribution in [3.63, 3.8) is 0 Å². The Morgan fingerprint density at radius 1 is 0.985 bits per heavy atom. The first-order chi connectivity index (χ1) is 31.7. The van der Waals surface area contributed by atoms with E-state index < -0.39 is 59.1 Å². The number of ether oxygens (including phenoxy) is 1. The molecule has 4 bridgehead atoms. The number of anilines is 1. The summed E-state index contributed by atoms with van der Waals surface area (Å²) in [6.45, 7) is 11.5. The quantitative estimate of drug-likeness (QED) is 0.0635. The normalized spacial score (nSPS) is 16.7. The Morgan fingerprint density at radius 3 is 2.25 bits per heavy atom. The number of fused-ring (bicyclic) bond motifs is 5. The third-order valence-corrected chi connectivity index (χ3v) is 11.9. The van der Waals surface area contributed by atoms with Gasteiger partial charge in [0.2, 0.25) is 11.8 Å². The van der Waals surface area contributed by atoms with Crippen LogP contribution in [0.25, 0.3) is 22.5 Å². The molecule has 1 aliphatic rings. The zero-order valence-corrected chi connectivity index (χ0v) is 39.2. The molecule has 4 amide bonds. The van der Waals surface area contributed by atoms with Crippen LogP contribution in [0.5, 0.6) is 11.5 Å². The van der Waals surface area contributed by atoms with Gasteiger partial charge in [-0.1, -0.05) is 58.0 Å². The molecule has 1 aromatic heterocycles. The number of phenols is 1. The first-order valence-corrected chi connectivity index (χ1v) is 22.3. The number of urea groups is 1. The maximum absolute atomic E-state index is 14.8. The van der Waals surface area contributed by atoms with Crippen LogP contribution in [0.2, 0.25) is 0 Å². The zero-order chi connectivity index (χ0) is 49.3. The number of ketones is 3. The van der Waals surface area contributed by atoms with Gasteiger partial charge in [0.15, 0.2) is 23.2 Å². The zero-order valence-electron chi connectivity index (χ0n) is 39.2. The van der Waals surface area contributed by atoms with Gasteiger partial charge in [-0.25, -0.2) is 14.8 Å². The molecule has 5 rings (SSSR count). The second-order valence-electron chi connectivity index (χ2n) is 18.1. The van der Waals surface area contributed by atoms with Gasteiger partial charge in [-0.05, 0) is 79.6 Å². The van der Waals surface area contributed by atoms with Gasteiger partial charge >= 0.3 is 6.03 Å². The molecular formula is C50H61N9O8. The molecule has 0 saturated heterocycles. The lowest BCUT2D eigenvalue weighted by atomic mass is 9.86. The van der Waals surface area contributed by atoms with Crippen LogP contribution in [0.4, 0.5) is 10.5 Å². The summed E-state index contributed by atoms with van der Waals surface area (Å²) in [5.41, 5.74) is 21.2. The van der Waals surface area contributed by atoms with E-state index in [-0.39, 0.29) is 103 Å². The number of nitriles is 1. The number of hydrogen-bond donors (Lipinski definition) is 6. The van der Waals surface area contributed by atoms with Crippen LogP contribution in [0, 0.1) is 37.0 Å². The number of aryl methyl sites for hydroxylation is 2. The average molecular weight is 916 g/mol. The van der Waals surface area contributed by atoms with Crippen LogP contribution in [0.15, 0.2) is 54.6 Å². The lowest BCUT2D eigenvalue weighted by Gasteiger charge is -2.32. The van der Waals surface area contributed by atoms with E-state index in [0.717, 1.165) is 11.1 Å². The number of nitrogens with one attached hydrogen (secondary N) is 2. The van der Waals surface area contributed by atoms with Gasteiger partial charge in [0.05, 0.1) is 34.7 Å². The number of rotatable bonds is 15. The van der Waals surface area contributed by atoms with Crippen LogP contribution in [-0.4, -0.2) is 88.0 Å². The fourth-order valence-corrected chi connectivity index (χ4v) is 8.37. The minimum absolute atomic E-state index is 0.0359. The summed E-state index contributed by atoms with van der Waals surface area (Å²) in [6.07, 6.45) is -0.999. The Balaban J connectivity index is 1.59. The summed E-state index contributed by atoms with van der Waals surface area (Å²) in [6, 6.07) is 14.0. The summed E-state index contributed by atoms with van der Waals surface area (Å²) in [7, 11) is 1.43. The molecule has 17 nitrogen and oxygen atoms in total. The van der Waals surface area contributed by atoms with E-state index in [2.05, 4.69) is 41.4 Å². The number of amides is 4. The van der Waals surface area contributed by atoms with Crippen LogP contribution in [0.3, 0.4) is 0 Å². The van der Waals surface area contributed by atoms with Crippen molar-refractivity contribution in [2.45, 2.75) is 97.6 Å². The Morgan fingerprint density at radius 2 is 1.66 bits per heavy atom. The Hall–Kier alpha value is -7.03. The molecule has 0 spiro atoms. The maximum Gasteiger partial charge on any atom is 0.316 e. The third kappa shape index (κ3) is 12.3. The Bertz CT molecular complexity index is 2560. The number of aromatic nitrogens is 2. The highest BCUT2D eigenvalue weighted by atomic mass is 16.5. The lowest BCUT2D eigenvalue weighted by Crippen LogP contribution is -2.46. The summed E-state index contributed by atoms with van der Waals surface area (Å²) >= 11 is 0. The minimum atomic E-state index is -1.36. The highest BCUT2D eigenvalue weighted by Crippen LogP contribution is 2.43. The Labute approximate surface area is 390 Å². The number of phenolic OH excluding ortho intramolecular Hbond substituents is 1. The molecule has 2 heterocycles. The van der Waals surface area contributed by atoms with E-state index >= 15 is 0 Å². The van der Waals surface area contributed by atoms with Crippen LogP contribution >= 0.6 is 0 Å². The maximum atomic E-state index is 14.8. The number of primary amides is 1. The number of likely N-dealkylation sites (N-methyl/N-ethyl adjacent to an activating group) is 1. The van der Waals surface area contributed by atoms with Gasteiger partial charge in [-0.15, -0.1) is 0 Å². The van der Waals surface area contributed by atoms with E-state index in [1.165, 1.54) is 24.9 Å². The number of aromatic hydroxyl groups is 1. The monoisotopic (exact) mass is 915 g/mol. The second-order valence-corrected chi connectivity index (χ2v) is 18.1. The van der Waals surface area contributed by atoms with Crippen molar-refractivity contribution < 1.29 is 38.6 Å². The van der Waals surface area contributed by atoms with E-state index in [1.807, 2.05) is 30.3 Å². The molecule has 1 aliphatic heterocycles. The highest BCUT2D eigenvalue weighted by Gasteiger charge is 2.37. The molecule has 0 radical (unpaired) electrons. The topological polar surface area (TPSA) is 287 Å². The highest BCUT2D eigenvalue weighted by molar-refractivity contribution is 6.01. The van der Waals surface area contributed by atoms with Gasteiger partial charge in [-0.2, -0.15) is 5.26 Å². The molecule has 0 aliphatic carbocycles. The summed E-state index contributed by atoms with van der Waals surface area (Å²) in [5.74, 6) is -4.38. The molecule has 0 unspecified atom stereocenters. The van der Waals surface area contributed by atoms with E-state index in [9.17, 15) is 39.1 Å². The molecule has 0 saturated carbocycles. The van der Waals surface area contributed by atoms with Gasteiger partial charge < -0.3 is 42.6 Å². The van der Waals surface area contributed by atoms with Crippen molar-refractivity contribution in [1.29, 1.82) is 5.26 Å². The van der Waals surface area contributed by atoms with E-state index in [4.69, 9.17) is 21.9 Å². The van der Waals surface area contributed by atoms with Gasteiger partial charge in [-0.3, -0.25) is 24.0 Å². The number of hydrogen-bond acceptors (Lipinski definition) is 13. The van der Waals surface area contributed by atoms with Gasteiger partial charge in [0.25, 0.3) is 0 Å². The number of carbonyl (C=O) groups excluding carboxylic acids is 6. The minimum Gasteiger partial charge on any atom is -0.505 e. The molecule has 17 heteroatoms. The van der Waals surface area contributed by atoms with Crippen molar-refractivity contribution in [3.05, 3.63) is 88.2 Å². The van der Waals surface area contributed by atoms with Crippen molar-refractivity contribution in [2.75, 3.05) is 32.1 Å². The molecule has 9 N–H and O–H groups in total. The largest absolute Gasteiger partial charge is 0.505 e. The molecule has 4 atom stereocenters. The number of nitrogens with two attached hydrogens (primary N) is 3. The average Bonchev–Trinajstić information content (AvgIpc) is 3.27. The van der Waals surface area contributed by atoms with Crippen LogP contribution in [-0.2, 0) is 31.0 Å². The number of carbonyl (C=O) groups is 6. The number of Topliss-reactive ketones (excluding diaryl/α,β-unsaturated/α-hetero) is 3. The molecular weight excluding hydrogens is 855 g/mol. The van der Waals surface area contributed by atoms with Crippen molar-refractivity contribution >= 4 is 40.9 Å². The molecule has 4 aromatic rings. The number of benzene rings is 3. The summed E-state index contributed by atoms with van der Waals surface area (Å²) in [4.78, 5) is 93.9. The van der Waals surface area contributed by atoms with Crippen LogP contribution < -0.4 is 32.6 Å². The molecule has 67 heavy (non-hydrogen) atoms. The summed E-state index contributed by atoms with van der Waals surface area (Å²) in [5, 5.41) is 26.1. The van der Waals surface area contributed by atoms with Gasteiger partial charge in [0.1, 0.15) is 24.1 Å². The van der Waals surface area contributed by atoms with Crippen molar-refractivity contribution in [1.82, 2.24) is 20.2 Å². The first kappa shape index (κ1) is 51.0. The fourth-order valence-electron chi connectivity index (χ4n) is 8.37. The van der Waals surface area contributed by atoms with Gasteiger partial charge in [0, 0.05) is 67.8 Å². The molecule has 0 fully saturated rings. The lowest BCUT2D eigenvalue weighted by molar-refractivity contribution is -0.142.